The van der Waals surface area contributed by atoms with Crippen LogP contribution in [0.4, 0.5) is 0 Å². The number of hydrogen-bond donors (Lipinski definition) is 1. The van der Waals surface area contributed by atoms with Gasteiger partial charge >= 0.3 is 0 Å². The van der Waals surface area contributed by atoms with Crippen LogP contribution in [0.25, 0.3) is 11.2 Å². The number of rotatable bonds is 4. The van der Waals surface area contributed by atoms with Gasteiger partial charge in [0.05, 0.1) is 11.8 Å². The van der Waals surface area contributed by atoms with Crippen molar-refractivity contribution in [2.75, 3.05) is 19.6 Å². The minimum atomic E-state index is -0.448. The predicted octanol–water partition coefficient (Wildman–Crippen LogP) is 3.17. The van der Waals surface area contributed by atoms with E-state index in [0.29, 0.717) is 6.54 Å². The predicted molar refractivity (Wildman–Crippen MR) is 103 cm³/mol. The quantitative estimate of drug-likeness (QED) is 0.787. The first kappa shape index (κ1) is 16.9. The maximum Gasteiger partial charge on any atom is 0.156 e. The largest absolute Gasteiger partial charge is 0.387 e. The summed E-state index contributed by atoms with van der Waals surface area (Å²) >= 11 is 0. The van der Waals surface area contributed by atoms with Crippen molar-refractivity contribution >= 4 is 11.2 Å². The Labute approximate surface area is 153 Å². The summed E-state index contributed by atoms with van der Waals surface area (Å²) in [5.41, 5.74) is 6.26. The van der Waals surface area contributed by atoms with Crippen molar-refractivity contribution in [3.05, 3.63) is 71.2 Å². The van der Waals surface area contributed by atoms with Crippen LogP contribution in [0.3, 0.4) is 0 Å². The first-order chi connectivity index (χ1) is 12.6. The SMILES string of the molecule is Cc1cc(C)n2nc(C3=CCN(CC(O)c4ccccc4)CC3)cc2n1. The van der Waals surface area contributed by atoms with E-state index in [9.17, 15) is 5.11 Å². The van der Waals surface area contributed by atoms with Gasteiger partial charge in [0.2, 0.25) is 0 Å². The van der Waals surface area contributed by atoms with Crippen LogP contribution in [0.15, 0.2) is 48.5 Å². The van der Waals surface area contributed by atoms with E-state index in [1.807, 2.05) is 47.8 Å². The monoisotopic (exact) mass is 348 g/mol. The third-order valence-corrected chi connectivity index (χ3v) is 4.97. The molecule has 1 unspecified atom stereocenters. The summed E-state index contributed by atoms with van der Waals surface area (Å²) in [4.78, 5) is 6.85. The maximum absolute atomic E-state index is 10.4. The lowest BCUT2D eigenvalue weighted by molar-refractivity contribution is 0.119. The fraction of sp³-hybridized carbons (Fsp3) is 0.333. The Morgan fingerprint density at radius 1 is 1.15 bits per heavy atom. The molecular weight excluding hydrogens is 324 g/mol. The van der Waals surface area contributed by atoms with Crippen molar-refractivity contribution in [2.45, 2.75) is 26.4 Å². The molecule has 3 aromatic rings. The highest BCUT2D eigenvalue weighted by Crippen LogP contribution is 2.24. The third-order valence-electron chi connectivity index (χ3n) is 4.97. The molecule has 26 heavy (non-hydrogen) atoms. The summed E-state index contributed by atoms with van der Waals surface area (Å²) in [7, 11) is 0. The molecule has 0 amide bonds. The molecule has 1 aromatic carbocycles. The van der Waals surface area contributed by atoms with Gasteiger partial charge in [-0.25, -0.2) is 9.50 Å². The van der Waals surface area contributed by atoms with Crippen LogP contribution in [0.1, 0.15) is 35.2 Å². The molecule has 0 fully saturated rings. The standard InChI is InChI=1S/C21H24N4O/c1-15-12-16(2)25-21(22-15)13-19(23-25)17-8-10-24(11-9-17)14-20(26)18-6-4-3-5-7-18/h3-8,12-13,20,26H,9-11,14H2,1-2H3. The Kier molecular flexibility index (Phi) is 4.57. The van der Waals surface area contributed by atoms with Crippen molar-refractivity contribution in [1.29, 1.82) is 0 Å². The number of hydrogen-bond acceptors (Lipinski definition) is 4. The molecule has 0 bridgehead atoms. The van der Waals surface area contributed by atoms with Crippen LogP contribution in [0.5, 0.6) is 0 Å². The zero-order valence-electron chi connectivity index (χ0n) is 15.3. The molecule has 0 saturated heterocycles. The van der Waals surface area contributed by atoms with Crippen molar-refractivity contribution in [1.82, 2.24) is 19.5 Å². The van der Waals surface area contributed by atoms with Gasteiger partial charge in [-0.1, -0.05) is 36.4 Å². The summed E-state index contributed by atoms with van der Waals surface area (Å²) in [6, 6.07) is 14.0. The summed E-state index contributed by atoms with van der Waals surface area (Å²) in [5, 5.41) is 15.1. The second-order valence-corrected chi connectivity index (χ2v) is 7.00. The van der Waals surface area contributed by atoms with Crippen LogP contribution in [-0.2, 0) is 0 Å². The fourth-order valence-corrected chi connectivity index (χ4v) is 3.58. The molecule has 4 rings (SSSR count). The molecule has 134 valence electrons. The lowest BCUT2D eigenvalue weighted by Gasteiger charge is -2.28. The minimum absolute atomic E-state index is 0.448. The highest BCUT2D eigenvalue weighted by Gasteiger charge is 2.19. The normalized spacial score (nSPS) is 16.7. The number of β-amino-alcohol motifs (C(OH)–C–C–N with tert-alkyl or cyclic N) is 1. The Morgan fingerprint density at radius 2 is 1.96 bits per heavy atom. The fourth-order valence-electron chi connectivity index (χ4n) is 3.58. The Bertz CT molecular complexity index is 945. The van der Waals surface area contributed by atoms with E-state index in [2.05, 4.69) is 29.0 Å². The third kappa shape index (κ3) is 3.41. The molecule has 1 N–H and O–H groups in total. The second kappa shape index (κ2) is 7.02. The van der Waals surface area contributed by atoms with E-state index in [1.165, 1.54) is 5.57 Å². The van der Waals surface area contributed by atoms with Gasteiger partial charge in [-0.3, -0.25) is 4.90 Å². The summed E-state index contributed by atoms with van der Waals surface area (Å²) in [6.45, 7) is 6.47. The highest BCUT2D eigenvalue weighted by atomic mass is 16.3. The van der Waals surface area contributed by atoms with Gasteiger partial charge in [-0.2, -0.15) is 5.10 Å². The average Bonchev–Trinajstić information content (AvgIpc) is 3.07. The van der Waals surface area contributed by atoms with Crippen molar-refractivity contribution in [3.8, 4) is 0 Å². The highest BCUT2D eigenvalue weighted by molar-refractivity contribution is 5.67. The Morgan fingerprint density at radius 3 is 2.69 bits per heavy atom. The van der Waals surface area contributed by atoms with E-state index in [1.54, 1.807) is 0 Å². The second-order valence-electron chi connectivity index (χ2n) is 7.00. The number of aryl methyl sites for hydroxylation is 2. The molecule has 2 aromatic heterocycles. The smallest absolute Gasteiger partial charge is 0.156 e. The number of fused-ring (bicyclic) bond motifs is 1. The molecule has 1 aliphatic heterocycles. The molecule has 0 radical (unpaired) electrons. The lowest BCUT2D eigenvalue weighted by Crippen LogP contribution is -2.32. The van der Waals surface area contributed by atoms with E-state index >= 15 is 0 Å². The molecule has 1 aliphatic rings. The summed E-state index contributed by atoms with van der Waals surface area (Å²) in [6.07, 6.45) is 2.71. The van der Waals surface area contributed by atoms with Crippen LogP contribution >= 0.6 is 0 Å². The number of aromatic nitrogens is 3. The van der Waals surface area contributed by atoms with Gasteiger partial charge in [0.25, 0.3) is 0 Å². The van der Waals surface area contributed by atoms with E-state index in [-0.39, 0.29) is 0 Å². The van der Waals surface area contributed by atoms with Crippen molar-refractivity contribution < 1.29 is 5.11 Å². The first-order valence-electron chi connectivity index (χ1n) is 9.09. The number of aliphatic hydroxyl groups excluding tert-OH is 1. The molecule has 5 heteroatoms. The Hall–Kier alpha value is -2.50. The van der Waals surface area contributed by atoms with Gasteiger partial charge < -0.3 is 5.11 Å². The van der Waals surface area contributed by atoms with E-state index in [4.69, 9.17) is 5.10 Å². The summed E-state index contributed by atoms with van der Waals surface area (Å²) in [5.74, 6) is 0. The topological polar surface area (TPSA) is 53.7 Å². The van der Waals surface area contributed by atoms with E-state index < -0.39 is 6.10 Å². The molecule has 5 nitrogen and oxygen atoms in total. The summed E-state index contributed by atoms with van der Waals surface area (Å²) < 4.78 is 1.91. The van der Waals surface area contributed by atoms with Gasteiger partial charge in [0.1, 0.15) is 0 Å². The van der Waals surface area contributed by atoms with Gasteiger partial charge in [-0.15, -0.1) is 0 Å². The number of nitrogens with zero attached hydrogens (tertiary/aromatic N) is 4. The van der Waals surface area contributed by atoms with E-state index in [0.717, 1.165) is 47.8 Å². The molecule has 0 spiro atoms. The maximum atomic E-state index is 10.4. The molecule has 0 aliphatic carbocycles. The zero-order chi connectivity index (χ0) is 18.1. The molecular formula is C21H24N4O. The first-order valence-corrected chi connectivity index (χ1v) is 9.09. The average molecular weight is 348 g/mol. The minimum Gasteiger partial charge on any atom is -0.387 e. The number of benzene rings is 1. The van der Waals surface area contributed by atoms with Crippen LogP contribution in [-0.4, -0.2) is 44.2 Å². The van der Waals surface area contributed by atoms with Gasteiger partial charge in [0.15, 0.2) is 5.65 Å². The number of aliphatic hydroxyl groups is 1. The van der Waals surface area contributed by atoms with Crippen LogP contribution < -0.4 is 0 Å². The molecule has 3 heterocycles. The van der Waals surface area contributed by atoms with Crippen molar-refractivity contribution in [3.63, 3.8) is 0 Å². The van der Waals surface area contributed by atoms with Crippen LogP contribution in [0.2, 0.25) is 0 Å². The lowest BCUT2D eigenvalue weighted by atomic mass is 10.0. The van der Waals surface area contributed by atoms with Gasteiger partial charge in [0, 0.05) is 37.1 Å². The van der Waals surface area contributed by atoms with Crippen molar-refractivity contribution in [2.24, 2.45) is 0 Å². The molecule has 1 atom stereocenters. The van der Waals surface area contributed by atoms with Crippen LogP contribution in [0, 0.1) is 13.8 Å². The molecule has 0 saturated carbocycles. The zero-order valence-corrected chi connectivity index (χ0v) is 15.3. The van der Waals surface area contributed by atoms with Gasteiger partial charge in [-0.05, 0) is 37.5 Å². The Balaban J connectivity index is 1.47.